The van der Waals surface area contributed by atoms with Gasteiger partial charge < -0.3 is 11.1 Å². The van der Waals surface area contributed by atoms with E-state index in [4.69, 9.17) is 5.73 Å². The van der Waals surface area contributed by atoms with Crippen molar-refractivity contribution in [3.05, 3.63) is 65.2 Å². The highest BCUT2D eigenvalue weighted by molar-refractivity contribution is 5.92. The Hall–Kier alpha value is -2.43. The standard InChI is InChI=1S/C18H19F2N3/c1-12-5-7-13(8-6-12)23-17(21)22-11-18(9-10-18)16-14(19)3-2-4-15(16)20/h2-8H,9-11H2,1H3,(H3,21,22,23). The van der Waals surface area contributed by atoms with E-state index in [0.717, 1.165) is 11.3 Å². The molecule has 0 spiro atoms. The van der Waals surface area contributed by atoms with Crippen LogP contribution in [-0.4, -0.2) is 12.5 Å². The second kappa shape index (κ2) is 5.99. The van der Waals surface area contributed by atoms with Crippen molar-refractivity contribution in [1.29, 1.82) is 0 Å². The van der Waals surface area contributed by atoms with Gasteiger partial charge in [-0.25, -0.2) is 8.78 Å². The predicted molar refractivity (Wildman–Crippen MR) is 88.6 cm³/mol. The van der Waals surface area contributed by atoms with E-state index in [1.54, 1.807) is 0 Å². The Kier molecular flexibility index (Phi) is 4.03. The fourth-order valence-electron chi connectivity index (χ4n) is 2.70. The number of aryl methyl sites for hydroxylation is 1. The minimum atomic E-state index is -0.561. The molecular formula is C18H19F2N3. The molecule has 120 valence electrons. The summed E-state index contributed by atoms with van der Waals surface area (Å²) in [6.45, 7) is 2.27. The van der Waals surface area contributed by atoms with Crippen molar-refractivity contribution in [2.75, 3.05) is 11.9 Å². The maximum atomic E-state index is 14.0. The Morgan fingerprint density at radius 1 is 1.13 bits per heavy atom. The van der Waals surface area contributed by atoms with E-state index in [0.29, 0.717) is 12.8 Å². The van der Waals surface area contributed by atoms with Crippen molar-refractivity contribution in [2.45, 2.75) is 25.2 Å². The monoisotopic (exact) mass is 315 g/mol. The van der Waals surface area contributed by atoms with Gasteiger partial charge in [0.25, 0.3) is 0 Å². The molecule has 0 amide bonds. The van der Waals surface area contributed by atoms with Crippen molar-refractivity contribution in [1.82, 2.24) is 0 Å². The largest absolute Gasteiger partial charge is 0.370 e. The average Bonchev–Trinajstić information content (AvgIpc) is 3.28. The maximum absolute atomic E-state index is 14.0. The highest BCUT2D eigenvalue weighted by atomic mass is 19.1. The average molecular weight is 315 g/mol. The fraction of sp³-hybridized carbons (Fsp3) is 0.278. The number of nitrogens with one attached hydrogen (secondary N) is 1. The van der Waals surface area contributed by atoms with Crippen LogP contribution in [0.15, 0.2) is 47.5 Å². The molecule has 3 rings (SSSR count). The number of hydrogen-bond donors (Lipinski definition) is 2. The molecule has 5 heteroatoms. The Balaban J connectivity index is 1.72. The van der Waals surface area contributed by atoms with Crippen molar-refractivity contribution in [2.24, 2.45) is 10.7 Å². The van der Waals surface area contributed by atoms with Crippen molar-refractivity contribution in [3.8, 4) is 0 Å². The van der Waals surface area contributed by atoms with Crippen LogP contribution in [0, 0.1) is 18.6 Å². The van der Waals surface area contributed by atoms with Crippen LogP contribution in [0.3, 0.4) is 0 Å². The van der Waals surface area contributed by atoms with Gasteiger partial charge in [-0.15, -0.1) is 0 Å². The van der Waals surface area contributed by atoms with E-state index in [2.05, 4.69) is 10.3 Å². The van der Waals surface area contributed by atoms with Gasteiger partial charge in [0.15, 0.2) is 5.96 Å². The zero-order valence-corrected chi connectivity index (χ0v) is 12.9. The van der Waals surface area contributed by atoms with Crippen molar-refractivity contribution in [3.63, 3.8) is 0 Å². The Bertz CT molecular complexity index is 714. The van der Waals surface area contributed by atoms with Gasteiger partial charge in [0, 0.05) is 16.7 Å². The van der Waals surface area contributed by atoms with Gasteiger partial charge in [-0.2, -0.15) is 0 Å². The van der Waals surface area contributed by atoms with E-state index >= 15 is 0 Å². The van der Waals surface area contributed by atoms with Crippen molar-refractivity contribution >= 4 is 11.6 Å². The summed E-state index contributed by atoms with van der Waals surface area (Å²) < 4.78 is 27.9. The first kappa shape index (κ1) is 15.5. The van der Waals surface area contributed by atoms with Crippen LogP contribution >= 0.6 is 0 Å². The summed E-state index contributed by atoms with van der Waals surface area (Å²) in [5.41, 5.74) is 7.44. The lowest BCUT2D eigenvalue weighted by molar-refractivity contribution is 0.517. The third-order valence-corrected chi connectivity index (χ3v) is 4.22. The van der Waals surface area contributed by atoms with Crippen LogP contribution in [0.4, 0.5) is 14.5 Å². The minimum absolute atomic E-state index is 0.131. The quantitative estimate of drug-likeness (QED) is 0.667. The SMILES string of the molecule is Cc1ccc(NC(N)=NCC2(c3c(F)cccc3F)CC2)cc1. The molecule has 3 N–H and O–H groups in total. The predicted octanol–water partition coefficient (Wildman–Crippen LogP) is 3.73. The highest BCUT2D eigenvalue weighted by Crippen LogP contribution is 2.50. The molecule has 1 aliphatic carbocycles. The molecule has 1 fully saturated rings. The Morgan fingerprint density at radius 2 is 1.74 bits per heavy atom. The Morgan fingerprint density at radius 3 is 2.30 bits per heavy atom. The molecular weight excluding hydrogens is 296 g/mol. The van der Waals surface area contributed by atoms with Crippen LogP contribution in [0.25, 0.3) is 0 Å². The zero-order chi connectivity index (χ0) is 16.4. The molecule has 0 heterocycles. The molecule has 0 aliphatic heterocycles. The minimum Gasteiger partial charge on any atom is -0.370 e. The van der Waals surface area contributed by atoms with E-state index < -0.39 is 17.0 Å². The van der Waals surface area contributed by atoms with Crippen molar-refractivity contribution < 1.29 is 8.78 Å². The summed E-state index contributed by atoms with van der Waals surface area (Å²) >= 11 is 0. The van der Waals surface area contributed by atoms with Gasteiger partial charge in [0.1, 0.15) is 11.6 Å². The number of aliphatic imine (C=N–C) groups is 1. The number of benzene rings is 2. The molecule has 23 heavy (non-hydrogen) atoms. The van der Waals surface area contributed by atoms with Crippen LogP contribution in [0.5, 0.6) is 0 Å². The summed E-state index contributed by atoms with van der Waals surface area (Å²) in [7, 11) is 0. The molecule has 2 aromatic carbocycles. The topological polar surface area (TPSA) is 50.4 Å². The number of halogens is 2. The number of hydrogen-bond acceptors (Lipinski definition) is 1. The number of nitrogens with zero attached hydrogens (tertiary/aromatic N) is 1. The molecule has 0 radical (unpaired) electrons. The molecule has 1 aliphatic rings. The highest BCUT2D eigenvalue weighted by Gasteiger charge is 2.47. The molecule has 0 atom stereocenters. The summed E-state index contributed by atoms with van der Waals surface area (Å²) in [6, 6.07) is 11.7. The molecule has 3 nitrogen and oxygen atoms in total. The van der Waals surface area contributed by atoms with Gasteiger partial charge in [-0.05, 0) is 44.0 Å². The first-order valence-electron chi connectivity index (χ1n) is 7.58. The first-order chi connectivity index (χ1) is 11.0. The van der Waals surface area contributed by atoms with E-state index in [1.165, 1.54) is 18.2 Å². The number of anilines is 1. The molecule has 1 saturated carbocycles. The number of nitrogens with two attached hydrogens (primary N) is 1. The van der Waals surface area contributed by atoms with Crippen LogP contribution in [0.1, 0.15) is 24.0 Å². The lowest BCUT2D eigenvalue weighted by Gasteiger charge is -2.15. The summed E-state index contributed by atoms with van der Waals surface area (Å²) in [4.78, 5) is 4.28. The molecule has 0 unspecified atom stereocenters. The fourth-order valence-corrected chi connectivity index (χ4v) is 2.70. The summed E-state index contributed by atoms with van der Waals surface area (Å²) in [5.74, 6) is -0.776. The van der Waals surface area contributed by atoms with Gasteiger partial charge in [-0.1, -0.05) is 23.8 Å². The van der Waals surface area contributed by atoms with Gasteiger partial charge >= 0.3 is 0 Å². The second-order valence-corrected chi connectivity index (χ2v) is 6.07. The first-order valence-corrected chi connectivity index (χ1v) is 7.58. The normalized spacial score (nSPS) is 16.2. The van der Waals surface area contributed by atoms with Crippen LogP contribution in [0.2, 0.25) is 0 Å². The van der Waals surface area contributed by atoms with Crippen LogP contribution in [-0.2, 0) is 5.41 Å². The van der Waals surface area contributed by atoms with Gasteiger partial charge in [-0.3, -0.25) is 4.99 Å². The third-order valence-electron chi connectivity index (χ3n) is 4.22. The molecule has 2 aromatic rings. The molecule has 0 bridgehead atoms. The zero-order valence-electron chi connectivity index (χ0n) is 12.9. The summed E-state index contributed by atoms with van der Waals surface area (Å²) in [5, 5.41) is 2.99. The second-order valence-electron chi connectivity index (χ2n) is 6.07. The van der Waals surface area contributed by atoms with E-state index in [9.17, 15) is 8.78 Å². The lowest BCUT2D eigenvalue weighted by Crippen LogP contribution is -2.25. The maximum Gasteiger partial charge on any atom is 0.193 e. The molecule has 0 aromatic heterocycles. The summed E-state index contributed by atoms with van der Waals surface area (Å²) in [6.07, 6.45) is 1.43. The number of rotatable bonds is 4. The lowest BCUT2D eigenvalue weighted by atomic mass is 9.95. The van der Waals surface area contributed by atoms with Gasteiger partial charge in [0.05, 0.1) is 6.54 Å². The van der Waals surface area contributed by atoms with Gasteiger partial charge in [0.2, 0.25) is 0 Å². The van der Waals surface area contributed by atoms with E-state index in [-0.39, 0.29) is 18.1 Å². The smallest absolute Gasteiger partial charge is 0.193 e. The number of guanidine groups is 1. The Labute approximate surface area is 134 Å². The molecule has 0 saturated heterocycles. The van der Waals surface area contributed by atoms with Crippen LogP contribution < -0.4 is 11.1 Å². The van der Waals surface area contributed by atoms with E-state index in [1.807, 2.05) is 31.2 Å². The third kappa shape index (κ3) is 3.33.